The number of rotatable bonds is 6. The summed E-state index contributed by atoms with van der Waals surface area (Å²) in [4.78, 5) is 0. The van der Waals surface area contributed by atoms with Crippen molar-refractivity contribution in [1.82, 2.24) is 9.61 Å². The Morgan fingerprint density at radius 1 is 1.28 bits per heavy atom. The number of aromatic nitrogens is 2. The van der Waals surface area contributed by atoms with Crippen LogP contribution >= 0.6 is 11.6 Å². The van der Waals surface area contributed by atoms with Crippen LogP contribution in [-0.2, 0) is 0 Å². The first-order valence-electron chi connectivity index (χ1n) is 6.86. The van der Waals surface area contributed by atoms with E-state index in [1.165, 1.54) is 37.7 Å². The van der Waals surface area contributed by atoms with Crippen molar-refractivity contribution in [3.05, 3.63) is 35.1 Å². The Balaban J connectivity index is 2.12. The van der Waals surface area contributed by atoms with E-state index in [4.69, 9.17) is 11.6 Å². The third kappa shape index (κ3) is 2.86. The predicted octanol–water partition coefficient (Wildman–Crippen LogP) is 5.06. The Bertz CT molecular complexity index is 504. The standard InChI is InChI=1S/C15H21ClN2/c1-3-4-5-6-9-12(2)14-13-10-7-8-11-18(13)17-15(14)16/h7-8,10-12H,3-6,9H2,1-2H3. The van der Waals surface area contributed by atoms with E-state index < -0.39 is 0 Å². The van der Waals surface area contributed by atoms with E-state index in [1.807, 2.05) is 22.8 Å². The molecule has 98 valence electrons. The van der Waals surface area contributed by atoms with Gasteiger partial charge in [-0.05, 0) is 24.5 Å². The average molecular weight is 265 g/mol. The van der Waals surface area contributed by atoms with Crippen molar-refractivity contribution in [3.63, 3.8) is 0 Å². The van der Waals surface area contributed by atoms with Crippen LogP contribution in [0.2, 0.25) is 5.15 Å². The molecule has 0 saturated carbocycles. The average Bonchev–Trinajstić information content (AvgIpc) is 2.70. The second kappa shape index (κ2) is 6.24. The maximum atomic E-state index is 6.27. The first kappa shape index (κ1) is 13.4. The van der Waals surface area contributed by atoms with E-state index in [2.05, 4.69) is 25.0 Å². The number of unbranched alkanes of at least 4 members (excludes halogenated alkanes) is 3. The largest absolute Gasteiger partial charge is 0.239 e. The van der Waals surface area contributed by atoms with Gasteiger partial charge in [0.15, 0.2) is 5.15 Å². The normalized spacial score (nSPS) is 13.1. The predicted molar refractivity (Wildman–Crippen MR) is 77.4 cm³/mol. The lowest BCUT2D eigenvalue weighted by Crippen LogP contribution is -1.94. The molecule has 0 aromatic carbocycles. The van der Waals surface area contributed by atoms with Gasteiger partial charge in [-0.15, -0.1) is 0 Å². The number of halogens is 1. The highest BCUT2D eigenvalue weighted by Crippen LogP contribution is 2.31. The molecule has 0 N–H and O–H groups in total. The van der Waals surface area contributed by atoms with Crippen molar-refractivity contribution < 1.29 is 0 Å². The Morgan fingerprint density at radius 3 is 2.89 bits per heavy atom. The molecule has 2 heterocycles. The van der Waals surface area contributed by atoms with Crippen molar-refractivity contribution in [2.45, 2.75) is 51.9 Å². The minimum atomic E-state index is 0.481. The molecule has 0 saturated heterocycles. The van der Waals surface area contributed by atoms with Crippen LogP contribution in [0.3, 0.4) is 0 Å². The number of pyridine rings is 1. The molecule has 0 radical (unpaired) electrons. The fourth-order valence-corrected chi connectivity index (χ4v) is 2.83. The Kier molecular flexibility index (Phi) is 4.65. The zero-order chi connectivity index (χ0) is 13.0. The summed E-state index contributed by atoms with van der Waals surface area (Å²) in [6, 6.07) is 6.11. The second-order valence-corrected chi connectivity index (χ2v) is 5.34. The SMILES string of the molecule is CCCCCCC(C)c1c(Cl)nn2ccccc12. The minimum Gasteiger partial charge on any atom is -0.239 e. The highest BCUT2D eigenvalue weighted by atomic mass is 35.5. The van der Waals surface area contributed by atoms with E-state index in [0.717, 1.165) is 5.52 Å². The van der Waals surface area contributed by atoms with Gasteiger partial charge in [0.1, 0.15) is 0 Å². The van der Waals surface area contributed by atoms with E-state index in [9.17, 15) is 0 Å². The molecule has 0 aliphatic carbocycles. The summed E-state index contributed by atoms with van der Waals surface area (Å²) in [6.45, 7) is 4.49. The van der Waals surface area contributed by atoms with Gasteiger partial charge in [0, 0.05) is 11.8 Å². The zero-order valence-corrected chi connectivity index (χ0v) is 12.0. The maximum Gasteiger partial charge on any atom is 0.155 e. The summed E-state index contributed by atoms with van der Waals surface area (Å²) in [5.74, 6) is 0.481. The van der Waals surface area contributed by atoms with Crippen molar-refractivity contribution in [2.75, 3.05) is 0 Å². The lowest BCUT2D eigenvalue weighted by Gasteiger charge is -2.10. The lowest BCUT2D eigenvalue weighted by atomic mass is 9.96. The molecule has 0 aliphatic heterocycles. The van der Waals surface area contributed by atoms with Crippen molar-refractivity contribution in [3.8, 4) is 0 Å². The lowest BCUT2D eigenvalue weighted by molar-refractivity contribution is 0.582. The van der Waals surface area contributed by atoms with Gasteiger partial charge >= 0.3 is 0 Å². The van der Waals surface area contributed by atoms with E-state index in [1.54, 1.807) is 0 Å². The van der Waals surface area contributed by atoms with Crippen LogP contribution in [0.25, 0.3) is 5.52 Å². The monoisotopic (exact) mass is 264 g/mol. The number of hydrogen-bond donors (Lipinski definition) is 0. The fraction of sp³-hybridized carbons (Fsp3) is 0.533. The first-order valence-corrected chi connectivity index (χ1v) is 7.24. The molecule has 1 atom stereocenters. The third-order valence-electron chi connectivity index (χ3n) is 3.52. The molecule has 0 bridgehead atoms. The quantitative estimate of drug-likeness (QED) is 0.667. The Labute approximate surface area is 114 Å². The van der Waals surface area contributed by atoms with Crippen LogP contribution in [0.15, 0.2) is 24.4 Å². The van der Waals surface area contributed by atoms with Gasteiger partial charge in [-0.3, -0.25) is 0 Å². The van der Waals surface area contributed by atoms with Crippen LogP contribution in [0, 0.1) is 0 Å². The molecule has 0 spiro atoms. The highest BCUT2D eigenvalue weighted by molar-refractivity contribution is 6.30. The molecule has 1 unspecified atom stereocenters. The Hall–Kier alpha value is -1.02. The molecule has 2 nitrogen and oxygen atoms in total. The molecule has 2 aromatic rings. The zero-order valence-electron chi connectivity index (χ0n) is 11.2. The number of nitrogens with zero attached hydrogens (tertiary/aromatic N) is 2. The Morgan fingerprint density at radius 2 is 2.11 bits per heavy atom. The van der Waals surface area contributed by atoms with Crippen molar-refractivity contribution >= 4 is 17.1 Å². The summed E-state index contributed by atoms with van der Waals surface area (Å²) in [5.41, 5.74) is 2.35. The van der Waals surface area contributed by atoms with Gasteiger partial charge in [0.2, 0.25) is 0 Å². The number of hydrogen-bond acceptors (Lipinski definition) is 1. The molecule has 3 heteroatoms. The summed E-state index contributed by atoms with van der Waals surface area (Å²) in [7, 11) is 0. The molecule has 0 fully saturated rings. The number of fused-ring (bicyclic) bond motifs is 1. The topological polar surface area (TPSA) is 17.3 Å². The second-order valence-electron chi connectivity index (χ2n) is 4.99. The van der Waals surface area contributed by atoms with Crippen LogP contribution in [0.1, 0.15) is 57.4 Å². The smallest absolute Gasteiger partial charge is 0.155 e. The molecule has 2 aromatic heterocycles. The van der Waals surface area contributed by atoms with Crippen LogP contribution in [-0.4, -0.2) is 9.61 Å². The molecular weight excluding hydrogens is 244 g/mol. The maximum absolute atomic E-state index is 6.27. The van der Waals surface area contributed by atoms with Crippen molar-refractivity contribution in [1.29, 1.82) is 0 Å². The molecule has 0 aliphatic rings. The van der Waals surface area contributed by atoms with E-state index in [-0.39, 0.29) is 0 Å². The fourth-order valence-electron chi connectivity index (χ4n) is 2.47. The molecular formula is C15H21ClN2. The third-order valence-corrected chi connectivity index (χ3v) is 3.80. The first-order chi connectivity index (χ1) is 8.74. The summed E-state index contributed by atoms with van der Waals surface area (Å²) < 4.78 is 1.88. The van der Waals surface area contributed by atoms with E-state index in [0.29, 0.717) is 11.1 Å². The van der Waals surface area contributed by atoms with Gasteiger partial charge in [0.05, 0.1) is 5.52 Å². The molecule has 18 heavy (non-hydrogen) atoms. The van der Waals surface area contributed by atoms with Gasteiger partial charge in [-0.2, -0.15) is 5.10 Å². The van der Waals surface area contributed by atoms with Crippen LogP contribution in [0.4, 0.5) is 0 Å². The highest BCUT2D eigenvalue weighted by Gasteiger charge is 2.16. The van der Waals surface area contributed by atoms with Gasteiger partial charge < -0.3 is 0 Å². The van der Waals surface area contributed by atoms with E-state index >= 15 is 0 Å². The summed E-state index contributed by atoms with van der Waals surface area (Å²) >= 11 is 6.27. The molecule has 0 amide bonds. The van der Waals surface area contributed by atoms with Crippen LogP contribution < -0.4 is 0 Å². The summed E-state index contributed by atoms with van der Waals surface area (Å²) in [6.07, 6.45) is 8.35. The van der Waals surface area contributed by atoms with Gasteiger partial charge in [0.25, 0.3) is 0 Å². The summed E-state index contributed by atoms with van der Waals surface area (Å²) in [5, 5.41) is 5.02. The van der Waals surface area contributed by atoms with Gasteiger partial charge in [-0.1, -0.05) is 57.2 Å². The van der Waals surface area contributed by atoms with Crippen molar-refractivity contribution in [2.24, 2.45) is 0 Å². The van der Waals surface area contributed by atoms with Crippen LogP contribution in [0.5, 0.6) is 0 Å². The molecule has 2 rings (SSSR count). The van der Waals surface area contributed by atoms with Gasteiger partial charge in [-0.25, -0.2) is 4.52 Å². The minimum absolute atomic E-state index is 0.481.